The maximum absolute atomic E-state index is 11.5. The van der Waals surface area contributed by atoms with E-state index in [0.29, 0.717) is 5.57 Å². The summed E-state index contributed by atoms with van der Waals surface area (Å²) in [7, 11) is 0. The average molecular weight is 254 g/mol. The molecule has 0 amide bonds. The molecule has 0 N–H and O–H groups in total. The summed E-state index contributed by atoms with van der Waals surface area (Å²) in [6, 6.07) is 0. The first-order valence-corrected chi connectivity index (χ1v) is 7.48. The van der Waals surface area contributed by atoms with Crippen molar-refractivity contribution >= 4 is 5.97 Å². The van der Waals surface area contributed by atoms with E-state index in [-0.39, 0.29) is 12.1 Å². The standard InChI is InChI=1S/C16H30O2/c1-5-7-8-9-10-11-13-15(12-6-2)18-16(17)14(3)4/h15H,3,5-13H2,1-2,4H3. The van der Waals surface area contributed by atoms with Gasteiger partial charge in [0.25, 0.3) is 0 Å². The van der Waals surface area contributed by atoms with Gasteiger partial charge in [-0.15, -0.1) is 0 Å². The third-order valence-corrected chi connectivity index (χ3v) is 3.11. The minimum atomic E-state index is -0.237. The zero-order valence-electron chi connectivity index (χ0n) is 12.5. The summed E-state index contributed by atoms with van der Waals surface area (Å²) in [5.41, 5.74) is 0.499. The van der Waals surface area contributed by atoms with Crippen LogP contribution in [0.2, 0.25) is 0 Å². The number of ether oxygens (including phenoxy) is 1. The highest BCUT2D eigenvalue weighted by atomic mass is 16.5. The molecule has 0 aliphatic rings. The first-order valence-electron chi connectivity index (χ1n) is 7.48. The predicted octanol–water partition coefficient (Wildman–Crippen LogP) is 5.03. The van der Waals surface area contributed by atoms with Gasteiger partial charge in [0.05, 0.1) is 0 Å². The number of unbranched alkanes of at least 4 members (excludes halogenated alkanes) is 5. The van der Waals surface area contributed by atoms with Crippen molar-refractivity contribution in [2.45, 2.75) is 84.7 Å². The Bertz CT molecular complexity index is 233. The predicted molar refractivity (Wildman–Crippen MR) is 77.6 cm³/mol. The minimum Gasteiger partial charge on any atom is -0.459 e. The fraction of sp³-hybridized carbons (Fsp3) is 0.812. The van der Waals surface area contributed by atoms with Crippen LogP contribution in [-0.4, -0.2) is 12.1 Å². The van der Waals surface area contributed by atoms with Gasteiger partial charge < -0.3 is 4.74 Å². The molecule has 0 fully saturated rings. The van der Waals surface area contributed by atoms with Gasteiger partial charge in [0.15, 0.2) is 0 Å². The second-order valence-corrected chi connectivity index (χ2v) is 5.15. The van der Waals surface area contributed by atoms with Crippen molar-refractivity contribution in [1.29, 1.82) is 0 Å². The van der Waals surface area contributed by atoms with Crippen LogP contribution in [0, 0.1) is 0 Å². The average Bonchev–Trinajstić information content (AvgIpc) is 2.33. The molecule has 0 saturated heterocycles. The Kier molecular flexibility index (Phi) is 10.8. The van der Waals surface area contributed by atoms with Crippen molar-refractivity contribution in [3.63, 3.8) is 0 Å². The van der Waals surface area contributed by atoms with E-state index in [1.165, 1.54) is 32.1 Å². The summed E-state index contributed by atoms with van der Waals surface area (Å²) >= 11 is 0. The number of hydrogen-bond donors (Lipinski definition) is 0. The summed E-state index contributed by atoms with van der Waals surface area (Å²) in [4.78, 5) is 11.5. The van der Waals surface area contributed by atoms with Crippen LogP contribution in [-0.2, 0) is 9.53 Å². The summed E-state index contributed by atoms with van der Waals surface area (Å²) in [6.45, 7) is 9.69. The first-order chi connectivity index (χ1) is 8.61. The van der Waals surface area contributed by atoms with E-state index in [4.69, 9.17) is 4.74 Å². The highest BCUT2D eigenvalue weighted by Gasteiger charge is 2.13. The normalized spacial score (nSPS) is 12.2. The van der Waals surface area contributed by atoms with Crippen molar-refractivity contribution in [2.75, 3.05) is 0 Å². The van der Waals surface area contributed by atoms with Crippen LogP contribution < -0.4 is 0 Å². The van der Waals surface area contributed by atoms with E-state index in [0.717, 1.165) is 25.7 Å². The van der Waals surface area contributed by atoms with Crippen LogP contribution in [0.5, 0.6) is 0 Å². The van der Waals surface area contributed by atoms with Gasteiger partial charge in [-0.1, -0.05) is 59.0 Å². The Morgan fingerprint density at radius 1 is 1.00 bits per heavy atom. The molecule has 0 aliphatic carbocycles. The number of esters is 1. The molecule has 0 rings (SSSR count). The molecule has 18 heavy (non-hydrogen) atoms. The summed E-state index contributed by atoms with van der Waals surface area (Å²) in [6.07, 6.45) is 10.8. The fourth-order valence-electron chi connectivity index (χ4n) is 1.99. The maximum atomic E-state index is 11.5. The van der Waals surface area contributed by atoms with Gasteiger partial charge in [-0.25, -0.2) is 4.79 Å². The molecule has 1 unspecified atom stereocenters. The molecule has 2 nitrogen and oxygen atoms in total. The second-order valence-electron chi connectivity index (χ2n) is 5.15. The topological polar surface area (TPSA) is 26.3 Å². The lowest BCUT2D eigenvalue weighted by Crippen LogP contribution is -2.18. The summed E-state index contributed by atoms with van der Waals surface area (Å²) < 4.78 is 5.44. The number of hydrogen-bond acceptors (Lipinski definition) is 2. The van der Waals surface area contributed by atoms with Crippen molar-refractivity contribution in [3.05, 3.63) is 12.2 Å². The molecule has 0 aliphatic heterocycles. The molecule has 0 radical (unpaired) electrons. The Labute approximate surface area is 113 Å². The first kappa shape index (κ1) is 17.2. The molecule has 0 saturated carbocycles. The highest BCUT2D eigenvalue weighted by Crippen LogP contribution is 2.15. The van der Waals surface area contributed by atoms with Gasteiger partial charge in [0, 0.05) is 5.57 Å². The van der Waals surface area contributed by atoms with Gasteiger partial charge in [0.1, 0.15) is 6.10 Å². The lowest BCUT2D eigenvalue weighted by atomic mass is 10.0. The molecule has 0 aromatic rings. The molecular weight excluding hydrogens is 224 g/mol. The van der Waals surface area contributed by atoms with Crippen LogP contribution in [0.1, 0.15) is 78.6 Å². The monoisotopic (exact) mass is 254 g/mol. The molecule has 2 heteroatoms. The molecule has 0 heterocycles. The Morgan fingerprint density at radius 3 is 2.17 bits per heavy atom. The SMILES string of the molecule is C=C(C)C(=O)OC(CCC)CCCCCCCC. The Hall–Kier alpha value is -0.790. The van der Waals surface area contributed by atoms with E-state index < -0.39 is 0 Å². The van der Waals surface area contributed by atoms with E-state index in [1.807, 2.05) is 0 Å². The van der Waals surface area contributed by atoms with Crippen LogP contribution in [0.15, 0.2) is 12.2 Å². The van der Waals surface area contributed by atoms with E-state index in [1.54, 1.807) is 6.92 Å². The lowest BCUT2D eigenvalue weighted by Gasteiger charge is -2.17. The van der Waals surface area contributed by atoms with Crippen molar-refractivity contribution in [2.24, 2.45) is 0 Å². The van der Waals surface area contributed by atoms with Gasteiger partial charge in [0.2, 0.25) is 0 Å². The van der Waals surface area contributed by atoms with Crippen LogP contribution in [0.3, 0.4) is 0 Å². The molecule has 106 valence electrons. The summed E-state index contributed by atoms with van der Waals surface area (Å²) in [5.74, 6) is -0.237. The van der Waals surface area contributed by atoms with E-state index in [9.17, 15) is 4.79 Å². The molecule has 0 aromatic carbocycles. The smallest absolute Gasteiger partial charge is 0.333 e. The van der Waals surface area contributed by atoms with Crippen molar-refractivity contribution < 1.29 is 9.53 Å². The number of rotatable bonds is 11. The van der Waals surface area contributed by atoms with Crippen molar-refractivity contribution in [1.82, 2.24) is 0 Å². The van der Waals surface area contributed by atoms with E-state index >= 15 is 0 Å². The van der Waals surface area contributed by atoms with E-state index in [2.05, 4.69) is 20.4 Å². The minimum absolute atomic E-state index is 0.0883. The number of carbonyl (C=O) groups excluding carboxylic acids is 1. The molecule has 1 atom stereocenters. The highest BCUT2D eigenvalue weighted by molar-refractivity contribution is 5.87. The Morgan fingerprint density at radius 2 is 1.61 bits per heavy atom. The fourth-order valence-corrected chi connectivity index (χ4v) is 1.99. The third kappa shape index (κ3) is 9.26. The number of carbonyl (C=O) groups is 1. The molecule has 0 spiro atoms. The van der Waals surface area contributed by atoms with Crippen molar-refractivity contribution in [3.8, 4) is 0 Å². The Balaban J connectivity index is 3.76. The van der Waals surface area contributed by atoms with Crippen LogP contribution >= 0.6 is 0 Å². The van der Waals surface area contributed by atoms with Crippen LogP contribution in [0.4, 0.5) is 0 Å². The lowest BCUT2D eigenvalue weighted by molar-refractivity contribution is -0.144. The largest absolute Gasteiger partial charge is 0.459 e. The molecule has 0 bridgehead atoms. The molecular formula is C16H30O2. The van der Waals surface area contributed by atoms with Gasteiger partial charge in [-0.05, 0) is 26.2 Å². The zero-order valence-corrected chi connectivity index (χ0v) is 12.5. The zero-order chi connectivity index (χ0) is 13.8. The molecule has 0 aromatic heterocycles. The maximum Gasteiger partial charge on any atom is 0.333 e. The van der Waals surface area contributed by atoms with Gasteiger partial charge in [-0.3, -0.25) is 0 Å². The quantitative estimate of drug-likeness (QED) is 0.294. The van der Waals surface area contributed by atoms with Crippen LogP contribution in [0.25, 0.3) is 0 Å². The second kappa shape index (κ2) is 11.3. The third-order valence-electron chi connectivity index (χ3n) is 3.11. The van der Waals surface area contributed by atoms with Gasteiger partial charge in [-0.2, -0.15) is 0 Å². The van der Waals surface area contributed by atoms with Gasteiger partial charge >= 0.3 is 5.97 Å². The summed E-state index contributed by atoms with van der Waals surface area (Å²) in [5, 5.41) is 0.